The summed E-state index contributed by atoms with van der Waals surface area (Å²) in [7, 11) is 1.51. The van der Waals surface area contributed by atoms with Gasteiger partial charge in [-0.15, -0.1) is 0 Å². The Bertz CT molecular complexity index is 463. The van der Waals surface area contributed by atoms with Gasteiger partial charge in [0, 0.05) is 13.2 Å². The van der Waals surface area contributed by atoms with Crippen LogP contribution >= 0.6 is 11.6 Å². The summed E-state index contributed by atoms with van der Waals surface area (Å²) in [5.41, 5.74) is 0.356. The van der Waals surface area contributed by atoms with E-state index < -0.39 is 0 Å². The third kappa shape index (κ3) is 5.56. The number of carbonyl (C=O) groups is 1. The summed E-state index contributed by atoms with van der Waals surface area (Å²) in [6.45, 7) is 4.90. The molecule has 0 spiro atoms. The number of aliphatic hydroxyl groups excluding tert-OH is 1. The fourth-order valence-electron chi connectivity index (χ4n) is 2.37. The molecule has 2 N–H and O–H groups in total. The molecule has 1 rings (SSSR count). The zero-order chi connectivity index (χ0) is 15.8. The SMILES string of the molecule is COc1cccc(Cl)c1C(=O)NCC(CCO)CC(C)C. The summed E-state index contributed by atoms with van der Waals surface area (Å²) in [4.78, 5) is 12.3. The van der Waals surface area contributed by atoms with Gasteiger partial charge in [-0.3, -0.25) is 4.79 Å². The van der Waals surface area contributed by atoms with Crippen molar-refractivity contribution in [3.63, 3.8) is 0 Å². The van der Waals surface area contributed by atoms with Crippen LogP contribution in [-0.4, -0.2) is 31.3 Å². The molecule has 0 aliphatic carbocycles. The Morgan fingerprint density at radius 2 is 2.14 bits per heavy atom. The van der Waals surface area contributed by atoms with E-state index in [9.17, 15) is 4.79 Å². The fourth-order valence-corrected chi connectivity index (χ4v) is 2.62. The third-order valence-corrected chi connectivity index (χ3v) is 3.63. The van der Waals surface area contributed by atoms with Crippen LogP contribution in [0.4, 0.5) is 0 Å². The van der Waals surface area contributed by atoms with Crippen molar-refractivity contribution < 1.29 is 14.6 Å². The molecule has 1 unspecified atom stereocenters. The fraction of sp³-hybridized carbons (Fsp3) is 0.562. The van der Waals surface area contributed by atoms with Crippen molar-refractivity contribution in [3.8, 4) is 5.75 Å². The number of amides is 1. The van der Waals surface area contributed by atoms with Crippen molar-refractivity contribution in [1.82, 2.24) is 5.32 Å². The molecule has 0 aliphatic heterocycles. The van der Waals surface area contributed by atoms with E-state index in [0.717, 1.165) is 6.42 Å². The molecular formula is C16H24ClNO3. The molecule has 4 nitrogen and oxygen atoms in total. The number of hydrogen-bond acceptors (Lipinski definition) is 3. The first-order valence-electron chi connectivity index (χ1n) is 7.21. The Labute approximate surface area is 131 Å². The standard InChI is InChI=1S/C16H24ClNO3/c1-11(2)9-12(7-8-19)10-18-16(20)15-13(17)5-4-6-14(15)21-3/h4-6,11-12,19H,7-10H2,1-3H3,(H,18,20). The lowest BCUT2D eigenvalue weighted by molar-refractivity contribution is 0.0938. The Hall–Kier alpha value is -1.26. The first-order valence-corrected chi connectivity index (χ1v) is 7.58. The Morgan fingerprint density at radius 1 is 1.43 bits per heavy atom. The molecule has 1 aromatic carbocycles. The summed E-state index contributed by atoms with van der Waals surface area (Å²) in [5.74, 6) is 0.993. The molecule has 118 valence electrons. The summed E-state index contributed by atoms with van der Waals surface area (Å²) in [6, 6.07) is 5.11. The first-order chi connectivity index (χ1) is 9.99. The smallest absolute Gasteiger partial charge is 0.256 e. The van der Waals surface area contributed by atoms with Crippen LogP contribution in [0.2, 0.25) is 5.02 Å². The second kappa shape index (κ2) is 8.90. The van der Waals surface area contributed by atoms with Gasteiger partial charge in [-0.2, -0.15) is 0 Å². The van der Waals surface area contributed by atoms with Crippen LogP contribution in [-0.2, 0) is 0 Å². The molecule has 5 heteroatoms. The normalized spacial score (nSPS) is 12.3. The number of nitrogens with one attached hydrogen (secondary N) is 1. The molecule has 21 heavy (non-hydrogen) atoms. The van der Waals surface area contributed by atoms with Crippen LogP contribution in [0, 0.1) is 11.8 Å². The Kier molecular flexibility index (Phi) is 7.54. The van der Waals surface area contributed by atoms with Gasteiger partial charge in [-0.1, -0.05) is 31.5 Å². The molecule has 0 aliphatic rings. The van der Waals surface area contributed by atoms with Crippen molar-refractivity contribution in [3.05, 3.63) is 28.8 Å². The maximum absolute atomic E-state index is 12.3. The van der Waals surface area contributed by atoms with Crippen molar-refractivity contribution in [2.24, 2.45) is 11.8 Å². The largest absolute Gasteiger partial charge is 0.496 e. The molecule has 0 bridgehead atoms. The third-order valence-electron chi connectivity index (χ3n) is 3.32. The van der Waals surface area contributed by atoms with Crippen LogP contribution in [0.1, 0.15) is 37.0 Å². The molecule has 0 saturated carbocycles. The van der Waals surface area contributed by atoms with Crippen LogP contribution < -0.4 is 10.1 Å². The van der Waals surface area contributed by atoms with Crippen LogP contribution in [0.5, 0.6) is 5.75 Å². The molecule has 1 atom stereocenters. The first kappa shape index (κ1) is 17.8. The average molecular weight is 314 g/mol. The molecule has 1 aromatic rings. The zero-order valence-electron chi connectivity index (χ0n) is 12.9. The highest BCUT2D eigenvalue weighted by molar-refractivity contribution is 6.34. The molecule has 0 aromatic heterocycles. The van der Waals surface area contributed by atoms with E-state index in [2.05, 4.69) is 19.2 Å². The van der Waals surface area contributed by atoms with Crippen LogP contribution in [0.15, 0.2) is 18.2 Å². The number of hydrogen-bond donors (Lipinski definition) is 2. The van der Waals surface area contributed by atoms with Crippen molar-refractivity contribution >= 4 is 17.5 Å². The van der Waals surface area contributed by atoms with E-state index in [1.807, 2.05) is 0 Å². The van der Waals surface area contributed by atoms with Gasteiger partial charge < -0.3 is 15.2 Å². The van der Waals surface area contributed by atoms with Gasteiger partial charge in [0.15, 0.2) is 0 Å². The number of carbonyl (C=O) groups excluding carboxylic acids is 1. The zero-order valence-corrected chi connectivity index (χ0v) is 13.6. The second-order valence-corrected chi connectivity index (χ2v) is 5.94. The minimum absolute atomic E-state index is 0.128. The highest BCUT2D eigenvalue weighted by Gasteiger charge is 2.18. The van der Waals surface area contributed by atoms with E-state index in [4.69, 9.17) is 21.4 Å². The molecule has 0 fully saturated rings. The summed E-state index contributed by atoms with van der Waals surface area (Å²) in [6.07, 6.45) is 1.64. The van der Waals surface area contributed by atoms with Crippen molar-refractivity contribution in [2.75, 3.05) is 20.3 Å². The topological polar surface area (TPSA) is 58.6 Å². The number of aliphatic hydroxyl groups is 1. The molecule has 0 saturated heterocycles. The van der Waals surface area contributed by atoms with Crippen LogP contribution in [0.25, 0.3) is 0 Å². The second-order valence-electron chi connectivity index (χ2n) is 5.53. The maximum atomic E-state index is 12.3. The predicted molar refractivity (Wildman–Crippen MR) is 85.0 cm³/mol. The predicted octanol–water partition coefficient (Wildman–Crippen LogP) is 3.12. The quantitative estimate of drug-likeness (QED) is 0.775. The molecule has 1 amide bonds. The van der Waals surface area contributed by atoms with Crippen molar-refractivity contribution in [2.45, 2.75) is 26.7 Å². The molecule has 0 radical (unpaired) electrons. The Balaban J connectivity index is 2.72. The molecule has 0 heterocycles. The number of benzene rings is 1. The van der Waals surface area contributed by atoms with Gasteiger partial charge in [0.05, 0.1) is 17.7 Å². The van der Waals surface area contributed by atoms with Gasteiger partial charge in [0.25, 0.3) is 5.91 Å². The van der Waals surface area contributed by atoms with E-state index >= 15 is 0 Å². The van der Waals surface area contributed by atoms with E-state index in [1.165, 1.54) is 7.11 Å². The number of methoxy groups -OCH3 is 1. The van der Waals surface area contributed by atoms with Crippen molar-refractivity contribution in [1.29, 1.82) is 0 Å². The van der Waals surface area contributed by atoms with Gasteiger partial charge in [0.2, 0.25) is 0 Å². The number of ether oxygens (including phenoxy) is 1. The number of rotatable bonds is 8. The van der Waals surface area contributed by atoms with E-state index in [1.54, 1.807) is 18.2 Å². The minimum atomic E-state index is -0.246. The minimum Gasteiger partial charge on any atom is -0.496 e. The van der Waals surface area contributed by atoms with Gasteiger partial charge in [-0.25, -0.2) is 0 Å². The lowest BCUT2D eigenvalue weighted by Crippen LogP contribution is -2.31. The van der Waals surface area contributed by atoms with Gasteiger partial charge in [0.1, 0.15) is 5.75 Å². The van der Waals surface area contributed by atoms with Crippen LogP contribution in [0.3, 0.4) is 0 Å². The number of halogens is 1. The van der Waals surface area contributed by atoms with E-state index in [-0.39, 0.29) is 18.4 Å². The molecular weight excluding hydrogens is 290 g/mol. The highest BCUT2D eigenvalue weighted by atomic mass is 35.5. The summed E-state index contributed by atoms with van der Waals surface area (Å²) < 4.78 is 5.18. The van der Waals surface area contributed by atoms with Gasteiger partial charge >= 0.3 is 0 Å². The average Bonchev–Trinajstić information content (AvgIpc) is 2.43. The Morgan fingerprint density at radius 3 is 2.71 bits per heavy atom. The summed E-state index contributed by atoms with van der Waals surface area (Å²) >= 11 is 6.08. The lowest BCUT2D eigenvalue weighted by Gasteiger charge is -2.19. The highest BCUT2D eigenvalue weighted by Crippen LogP contribution is 2.26. The van der Waals surface area contributed by atoms with E-state index in [0.29, 0.717) is 35.2 Å². The van der Waals surface area contributed by atoms with Gasteiger partial charge in [-0.05, 0) is 36.8 Å². The monoisotopic (exact) mass is 313 g/mol. The maximum Gasteiger partial charge on any atom is 0.256 e. The summed E-state index contributed by atoms with van der Waals surface area (Å²) in [5, 5.41) is 12.4. The lowest BCUT2D eigenvalue weighted by atomic mass is 9.94.